The normalized spacial score (nSPS) is 33.4. The van der Waals surface area contributed by atoms with Gasteiger partial charge in [-0.2, -0.15) is 0 Å². The molecule has 1 saturated carbocycles. The van der Waals surface area contributed by atoms with Gasteiger partial charge < -0.3 is 15.0 Å². The topological polar surface area (TPSA) is 41.6 Å². The summed E-state index contributed by atoms with van der Waals surface area (Å²) >= 11 is 0. The number of hydrogen-bond donors (Lipinski definition) is 1. The Kier molecular flexibility index (Phi) is 5.01. The summed E-state index contributed by atoms with van der Waals surface area (Å²) in [6.45, 7) is 7.13. The number of carbonyl (C=O) groups excluding carboxylic acids is 1. The van der Waals surface area contributed by atoms with Gasteiger partial charge in [0.1, 0.15) is 6.61 Å². The van der Waals surface area contributed by atoms with Gasteiger partial charge in [-0.15, -0.1) is 0 Å². The summed E-state index contributed by atoms with van der Waals surface area (Å²) in [4.78, 5) is 14.0. The van der Waals surface area contributed by atoms with Crippen LogP contribution >= 0.6 is 0 Å². The maximum Gasteiger partial charge on any atom is 0.248 e. The van der Waals surface area contributed by atoms with Crippen LogP contribution in [0.15, 0.2) is 0 Å². The highest BCUT2D eigenvalue weighted by Crippen LogP contribution is 2.26. The second-order valence-electron chi connectivity index (χ2n) is 5.81. The average molecular weight is 254 g/mol. The molecule has 104 valence electrons. The second-order valence-corrected chi connectivity index (χ2v) is 5.81. The summed E-state index contributed by atoms with van der Waals surface area (Å²) in [7, 11) is 0. The van der Waals surface area contributed by atoms with Crippen LogP contribution in [-0.4, -0.2) is 49.2 Å². The van der Waals surface area contributed by atoms with Crippen molar-refractivity contribution in [2.24, 2.45) is 5.92 Å². The van der Waals surface area contributed by atoms with Crippen LogP contribution in [0, 0.1) is 5.92 Å². The highest BCUT2D eigenvalue weighted by atomic mass is 16.5. The molecule has 1 aliphatic heterocycles. The van der Waals surface area contributed by atoms with E-state index in [1.54, 1.807) is 0 Å². The van der Waals surface area contributed by atoms with Crippen molar-refractivity contribution in [3.63, 3.8) is 0 Å². The van der Waals surface area contributed by atoms with Gasteiger partial charge >= 0.3 is 0 Å². The predicted octanol–water partition coefficient (Wildman–Crippen LogP) is 1.40. The van der Waals surface area contributed by atoms with E-state index >= 15 is 0 Å². The van der Waals surface area contributed by atoms with E-state index in [2.05, 4.69) is 19.2 Å². The fourth-order valence-corrected chi connectivity index (χ4v) is 2.96. The van der Waals surface area contributed by atoms with Crippen molar-refractivity contribution in [2.75, 3.05) is 26.2 Å². The zero-order valence-corrected chi connectivity index (χ0v) is 11.7. The molecule has 4 nitrogen and oxygen atoms in total. The Bertz CT molecular complexity index is 283. The van der Waals surface area contributed by atoms with Crippen molar-refractivity contribution >= 4 is 5.91 Å². The van der Waals surface area contributed by atoms with Crippen LogP contribution in [0.5, 0.6) is 0 Å². The average Bonchev–Trinajstić information content (AvgIpc) is 2.37. The molecule has 1 aliphatic carbocycles. The molecule has 0 bridgehead atoms. The molecule has 3 atom stereocenters. The van der Waals surface area contributed by atoms with E-state index < -0.39 is 0 Å². The molecule has 0 aromatic carbocycles. The number of piperazine rings is 1. The van der Waals surface area contributed by atoms with Crippen LogP contribution in [0.3, 0.4) is 0 Å². The first-order chi connectivity index (χ1) is 8.66. The van der Waals surface area contributed by atoms with Crippen LogP contribution in [0.1, 0.15) is 39.5 Å². The van der Waals surface area contributed by atoms with Crippen LogP contribution in [-0.2, 0) is 9.53 Å². The van der Waals surface area contributed by atoms with E-state index in [9.17, 15) is 4.79 Å². The van der Waals surface area contributed by atoms with Crippen LogP contribution < -0.4 is 5.32 Å². The standard InChI is InChI=1S/C14H26N2O2/c1-11-5-3-4-6-13(11)18-10-14(17)16-8-7-15-12(2)9-16/h11-13,15H,3-10H2,1-2H3/t11-,12+,13+/m0/s1. The zero-order chi connectivity index (χ0) is 13.0. The van der Waals surface area contributed by atoms with Crippen LogP contribution in [0.25, 0.3) is 0 Å². The number of nitrogens with one attached hydrogen (secondary N) is 1. The van der Waals surface area contributed by atoms with E-state index in [-0.39, 0.29) is 12.5 Å². The minimum Gasteiger partial charge on any atom is -0.368 e. The van der Waals surface area contributed by atoms with E-state index in [1.165, 1.54) is 19.3 Å². The molecule has 1 saturated heterocycles. The van der Waals surface area contributed by atoms with Crippen molar-refractivity contribution in [1.29, 1.82) is 0 Å². The Morgan fingerprint density at radius 1 is 1.33 bits per heavy atom. The molecule has 0 aromatic heterocycles. The molecule has 2 aliphatic rings. The molecular weight excluding hydrogens is 228 g/mol. The molecule has 0 aromatic rings. The summed E-state index contributed by atoms with van der Waals surface area (Å²) in [5.74, 6) is 0.759. The van der Waals surface area contributed by atoms with E-state index in [4.69, 9.17) is 4.74 Å². The number of ether oxygens (including phenoxy) is 1. The molecule has 1 amide bonds. The molecule has 0 spiro atoms. The summed E-state index contributed by atoms with van der Waals surface area (Å²) < 4.78 is 5.83. The molecule has 0 radical (unpaired) electrons. The number of nitrogens with zero attached hydrogens (tertiary/aromatic N) is 1. The van der Waals surface area contributed by atoms with Crippen molar-refractivity contribution in [3.05, 3.63) is 0 Å². The fraction of sp³-hybridized carbons (Fsp3) is 0.929. The minimum atomic E-state index is 0.154. The van der Waals surface area contributed by atoms with E-state index in [1.807, 2.05) is 4.90 Å². The number of amides is 1. The third kappa shape index (κ3) is 3.69. The van der Waals surface area contributed by atoms with Crippen molar-refractivity contribution in [2.45, 2.75) is 51.7 Å². The van der Waals surface area contributed by atoms with E-state index in [0.717, 1.165) is 26.1 Å². The van der Waals surface area contributed by atoms with Gasteiger partial charge in [0, 0.05) is 25.7 Å². The maximum absolute atomic E-state index is 12.1. The number of carbonyl (C=O) groups is 1. The van der Waals surface area contributed by atoms with Crippen LogP contribution in [0.4, 0.5) is 0 Å². The Morgan fingerprint density at radius 3 is 2.83 bits per heavy atom. The molecule has 0 unspecified atom stereocenters. The first kappa shape index (κ1) is 13.8. The monoisotopic (exact) mass is 254 g/mol. The predicted molar refractivity (Wildman–Crippen MR) is 71.4 cm³/mol. The van der Waals surface area contributed by atoms with Gasteiger partial charge in [-0.3, -0.25) is 4.79 Å². The summed E-state index contributed by atoms with van der Waals surface area (Å²) in [5, 5.41) is 3.34. The number of rotatable bonds is 3. The molecular formula is C14H26N2O2. The smallest absolute Gasteiger partial charge is 0.248 e. The largest absolute Gasteiger partial charge is 0.368 e. The fourth-order valence-electron chi connectivity index (χ4n) is 2.96. The molecule has 18 heavy (non-hydrogen) atoms. The number of hydrogen-bond acceptors (Lipinski definition) is 3. The lowest BCUT2D eigenvalue weighted by atomic mass is 9.88. The van der Waals surface area contributed by atoms with Crippen molar-refractivity contribution < 1.29 is 9.53 Å². The lowest BCUT2D eigenvalue weighted by Crippen LogP contribution is -2.52. The Balaban J connectivity index is 1.73. The quantitative estimate of drug-likeness (QED) is 0.828. The van der Waals surface area contributed by atoms with Crippen molar-refractivity contribution in [3.8, 4) is 0 Å². The van der Waals surface area contributed by atoms with Gasteiger partial charge in [0.25, 0.3) is 0 Å². The lowest BCUT2D eigenvalue weighted by Gasteiger charge is -2.33. The third-order valence-electron chi connectivity index (χ3n) is 4.18. The summed E-state index contributed by atoms with van der Waals surface area (Å²) in [5.41, 5.74) is 0. The molecule has 1 N–H and O–H groups in total. The highest BCUT2D eigenvalue weighted by molar-refractivity contribution is 5.77. The molecule has 4 heteroatoms. The van der Waals surface area contributed by atoms with Gasteiger partial charge in [0.2, 0.25) is 5.91 Å². The van der Waals surface area contributed by atoms with Gasteiger partial charge in [0.15, 0.2) is 0 Å². The third-order valence-corrected chi connectivity index (χ3v) is 4.18. The zero-order valence-electron chi connectivity index (χ0n) is 11.7. The SMILES string of the molecule is C[C@@H]1CN(C(=O)CO[C@@H]2CCCC[C@@H]2C)CCN1. The minimum absolute atomic E-state index is 0.154. The van der Waals surface area contributed by atoms with Gasteiger partial charge in [-0.25, -0.2) is 0 Å². The Labute approximate surface area is 110 Å². The van der Waals surface area contributed by atoms with E-state index in [0.29, 0.717) is 18.1 Å². The van der Waals surface area contributed by atoms with Gasteiger partial charge in [-0.1, -0.05) is 19.8 Å². The first-order valence-corrected chi connectivity index (χ1v) is 7.29. The maximum atomic E-state index is 12.1. The molecule has 2 rings (SSSR count). The Morgan fingerprint density at radius 2 is 2.11 bits per heavy atom. The molecule has 1 heterocycles. The lowest BCUT2D eigenvalue weighted by molar-refractivity contribution is -0.141. The van der Waals surface area contributed by atoms with Gasteiger partial charge in [0.05, 0.1) is 6.10 Å². The first-order valence-electron chi connectivity index (χ1n) is 7.29. The highest BCUT2D eigenvalue weighted by Gasteiger charge is 2.25. The summed E-state index contributed by atoms with van der Waals surface area (Å²) in [6.07, 6.45) is 5.21. The van der Waals surface area contributed by atoms with Crippen molar-refractivity contribution in [1.82, 2.24) is 10.2 Å². The molecule has 2 fully saturated rings. The van der Waals surface area contributed by atoms with Crippen LogP contribution in [0.2, 0.25) is 0 Å². The van der Waals surface area contributed by atoms with Gasteiger partial charge in [-0.05, 0) is 25.7 Å². The second kappa shape index (κ2) is 6.53. The summed E-state index contributed by atoms with van der Waals surface area (Å²) in [6, 6.07) is 0.399. The Hall–Kier alpha value is -0.610.